The van der Waals surface area contributed by atoms with E-state index >= 15 is 0 Å². The molecule has 0 aliphatic carbocycles. The minimum Gasteiger partial charge on any atom is -0.394 e. The lowest BCUT2D eigenvalue weighted by molar-refractivity contribution is 0.0659. The highest BCUT2D eigenvalue weighted by molar-refractivity contribution is 7.80. The smallest absolute Gasteiger partial charge is 0.0889 e. The Hall–Kier alpha value is 0.620. The minimum absolute atomic E-state index is 0. The maximum atomic E-state index is 8.35. The van der Waals surface area contributed by atoms with Crippen LogP contribution in [0, 0.1) is 0 Å². The number of hydrogen-bond donors (Lipinski definition) is 2. The molecule has 0 aliphatic heterocycles. The molecule has 0 saturated heterocycles. The SMILES string of the molecule is COC(CO)CS.S. The second-order valence-electron chi connectivity index (χ2n) is 1.22. The fraction of sp³-hybridized carbons (Fsp3) is 1.00. The van der Waals surface area contributed by atoms with Gasteiger partial charge in [-0.05, 0) is 0 Å². The highest BCUT2D eigenvalue weighted by atomic mass is 32.1. The molecule has 0 aliphatic rings. The van der Waals surface area contributed by atoms with Crippen molar-refractivity contribution >= 4 is 26.1 Å². The largest absolute Gasteiger partial charge is 0.394 e. The van der Waals surface area contributed by atoms with Crippen LogP contribution in [0.4, 0.5) is 0 Å². The van der Waals surface area contributed by atoms with Crippen LogP contribution in [0.15, 0.2) is 0 Å². The van der Waals surface area contributed by atoms with Gasteiger partial charge in [-0.25, -0.2) is 0 Å². The number of ether oxygens (including phenoxy) is 1. The van der Waals surface area contributed by atoms with E-state index in [1.807, 2.05) is 0 Å². The van der Waals surface area contributed by atoms with Crippen molar-refractivity contribution in [1.82, 2.24) is 0 Å². The summed E-state index contributed by atoms with van der Waals surface area (Å²) in [4.78, 5) is 0. The monoisotopic (exact) mass is 156 g/mol. The fourth-order valence-corrected chi connectivity index (χ4v) is 0.471. The predicted molar refractivity (Wildman–Crippen MR) is 42.1 cm³/mol. The lowest BCUT2D eigenvalue weighted by Crippen LogP contribution is -2.16. The van der Waals surface area contributed by atoms with E-state index in [0.29, 0.717) is 5.75 Å². The zero-order valence-electron chi connectivity index (χ0n) is 4.79. The number of aliphatic hydroxyl groups is 1. The summed E-state index contributed by atoms with van der Waals surface area (Å²) in [6.45, 7) is 0.0556. The van der Waals surface area contributed by atoms with Gasteiger partial charge >= 0.3 is 0 Å². The van der Waals surface area contributed by atoms with E-state index in [0.717, 1.165) is 0 Å². The standard InChI is InChI=1S/C4H10O2S.H2S/c1-6-4(2-5)3-7;/h4-5,7H,2-3H2,1H3;1H2. The summed E-state index contributed by atoms with van der Waals surface area (Å²) in [5, 5.41) is 8.35. The van der Waals surface area contributed by atoms with Gasteiger partial charge in [0.2, 0.25) is 0 Å². The molecule has 0 bridgehead atoms. The normalized spacial score (nSPS) is 12.4. The molecule has 0 fully saturated rings. The van der Waals surface area contributed by atoms with Crippen LogP contribution in [-0.2, 0) is 4.74 Å². The molecule has 0 rings (SSSR count). The van der Waals surface area contributed by atoms with Gasteiger partial charge in [0.1, 0.15) is 0 Å². The van der Waals surface area contributed by atoms with Crippen molar-refractivity contribution in [2.45, 2.75) is 6.10 Å². The van der Waals surface area contributed by atoms with E-state index in [9.17, 15) is 0 Å². The number of thiol groups is 1. The van der Waals surface area contributed by atoms with E-state index in [1.165, 1.54) is 0 Å². The predicted octanol–water partition coefficient (Wildman–Crippen LogP) is 0.0363. The first-order valence-corrected chi connectivity index (χ1v) is 2.73. The average Bonchev–Trinajstić information content (AvgIpc) is 1.72. The summed E-state index contributed by atoms with van der Waals surface area (Å²) in [7, 11) is 1.55. The van der Waals surface area contributed by atoms with Crippen LogP contribution in [0.2, 0.25) is 0 Å². The van der Waals surface area contributed by atoms with Crippen molar-refractivity contribution in [3.8, 4) is 0 Å². The van der Waals surface area contributed by atoms with Gasteiger partial charge in [0.05, 0.1) is 12.7 Å². The molecule has 0 spiro atoms. The van der Waals surface area contributed by atoms with Crippen molar-refractivity contribution in [1.29, 1.82) is 0 Å². The van der Waals surface area contributed by atoms with Crippen molar-refractivity contribution in [2.75, 3.05) is 19.5 Å². The first-order chi connectivity index (χ1) is 3.35. The molecule has 0 radical (unpaired) electrons. The van der Waals surface area contributed by atoms with Crippen molar-refractivity contribution in [3.63, 3.8) is 0 Å². The molecule has 2 nitrogen and oxygen atoms in total. The number of aliphatic hydroxyl groups excluding tert-OH is 1. The Morgan fingerprint density at radius 2 is 2.25 bits per heavy atom. The molecular weight excluding hydrogens is 144 g/mol. The van der Waals surface area contributed by atoms with Gasteiger partial charge in [-0.3, -0.25) is 0 Å². The molecule has 1 atom stereocenters. The molecule has 1 unspecified atom stereocenters. The Morgan fingerprint density at radius 1 is 1.75 bits per heavy atom. The van der Waals surface area contributed by atoms with Crippen molar-refractivity contribution in [2.24, 2.45) is 0 Å². The maximum absolute atomic E-state index is 8.35. The maximum Gasteiger partial charge on any atom is 0.0889 e. The molecule has 52 valence electrons. The third kappa shape index (κ3) is 4.77. The van der Waals surface area contributed by atoms with Crippen LogP contribution < -0.4 is 0 Å². The van der Waals surface area contributed by atoms with Crippen LogP contribution in [0.25, 0.3) is 0 Å². The first kappa shape index (κ1) is 11.4. The zero-order chi connectivity index (χ0) is 5.70. The van der Waals surface area contributed by atoms with Gasteiger partial charge in [-0.1, -0.05) is 0 Å². The molecule has 8 heavy (non-hydrogen) atoms. The van der Waals surface area contributed by atoms with E-state index in [-0.39, 0.29) is 26.2 Å². The lowest BCUT2D eigenvalue weighted by atomic mass is 10.4. The van der Waals surface area contributed by atoms with Crippen LogP contribution in [0.3, 0.4) is 0 Å². The highest BCUT2D eigenvalue weighted by Crippen LogP contribution is 1.88. The van der Waals surface area contributed by atoms with Gasteiger partial charge < -0.3 is 9.84 Å². The highest BCUT2D eigenvalue weighted by Gasteiger charge is 1.98. The number of hydrogen-bond acceptors (Lipinski definition) is 3. The second-order valence-corrected chi connectivity index (χ2v) is 1.59. The molecule has 0 saturated carbocycles. The number of rotatable bonds is 3. The molecule has 0 aromatic carbocycles. The number of methoxy groups -OCH3 is 1. The van der Waals surface area contributed by atoms with Crippen LogP contribution in [0.5, 0.6) is 0 Å². The quantitative estimate of drug-likeness (QED) is 0.565. The third-order valence-electron chi connectivity index (χ3n) is 0.741. The van der Waals surface area contributed by atoms with E-state index in [4.69, 9.17) is 9.84 Å². The van der Waals surface area contributed by atoms with Gasteiger partial charge in [-0.15, -0.1) is 0 Å². The molecule has 0 amide bonds. The average molecular weight is 156 g/mol. The summed E-state index contributed by atoms with van der Waals surface area (Å²) in [6.07, 6.45) is -0.0941. The Balaban J connectivity index is 0. The second kappa shape index (κ2) is 7.62. The lowest BCUT2D eigenvalue weighted by Gasteiger charge is -2.05. The van der Waals surface area contributed by atoms with Crippen LogP contribution in [-0.4, -0.2) is 30.7 Å². The molecule has 0 aromatic rings. The minimum atomic E-state index is -0.0941. The Bertz CT molecular complexity index is 33.5. The van der Waals surface area contributed by atoms with Crippen molar-refractivity contribution < 1.29 is 9.84 Å². The third-order valence-corrected chi connectivity index (χ3v) is 1.15. The van der Waals surface area contributed by atoms with Gasteiger partial charge in [-0.2, -0.15) is 26.1 Å². The topological polar surface area (TPSA) is 29.5 Å². The van der Waals surface area contributed by atoms with Gasteiger partial charge in [0.25, 0.3) is 0 Å². The first-order valence-electron chi connectivity index (χ1n) is 2.09. The Labute approximate surface area is 62.1 Å². The van der Waals surface area contributed by atoms with E-state index < -0.39 is 0 Å². The summed E-state index contributed by atoms with van der Waals surface area (Å²) in [5.41, 5.74) is 0. The zero-order valence-corrected chi connectivity index (χ0v) is 6.69. The van der Waals surface area contributed by atoms with Crippen LogP contribution >= 0.6 is 26.1 Å². The van der Waals surface area contributed by atoms with Gasteiger partial charge in [0, 0.05) is 12.9 Å². The summed E-state index contributed by atoms with van der Waals surface area (Å²) >= 11 is 3.89. The van der Waals surface area contributed by atoms with E-state index in [1.54, 1.807) is 7.11 Å². The Kier molecular flexibility index (Phi) is 10.9. The van der Waals surface area contributed by atoms with Gasteiger partial charge in [0.15, 0.2) is 0 Å². The van der Waals surface area contributed by atoms with E-state index in [2.05, 4.69) is 12.6 Å². The molecule has 4 heteroatoms. The molecular formula is C4H12O2S2. The summed E-state index contributed by atoms with van der Waals surface area (Å²) in [5.74, 6) is 0.576. The molecule has 1 N–H and O–H groups in total. The van der Waals surface area contributed by atoms with Crippen molar-refractivity contribution in [3.05, 3.63) is 0 Å². The fourth-order valence-electron chi connectivity index (χ4n) is 0.207. The Morgan fingerprint density at radius 3 is 2.25 bits per heavy atom. The molecule has 0 heterocycles. The summed E-state index contributed by atoms with van der Waals surface area (Å²) < 4.78 is 4.72. The summed E-state index contributed by atoms with van der Waals surface area (Å²) in [6, 6.07) is 0. The van der Waals surface area contributed by atoms with Crippen LogP contribution in [0.1, 0.15) is 0 Å². The molecule has 0 aromatic heterocycles.